The Morgan fingerprint density at radius 1 is 1.06 bits per heavy atom. The molecule has 172 valence electrons. The molecule has 1 aliphatic carbocycles. The van der Waals surface area contributed by atoms with Crippen molar-refractivity contribution < 1.29 is 22.3 Å². The van der Waals surface area contributed by atoms with Crippen molar-refractivity contribution in [3.05, 3.63) is 89.7 Å². The van der Waals surface area contributed by atoms with E-state index in [1.807, 2.05) is 12.1 Å². The van der Waals surface area contributed by atoms with Crippen LogP contribution < -0.4 is 14.4 Å². The number of carbonyl (C=O) groups is 1. The van der Waals surface area contributed by atoms with Gasteiger partial charge in [0, 0.05) is 7.05 Å². The number of hydrogen-bond acceptors (Lipinski definition) is 4. The van der Waals surface area contributed by atoms with E-state index in [1.54, 1.807) is 24.3 Å². The topological polar surface area (TPSA) is 75.7 Å². The summed E-state index contributed by atoms with van der Waals surface area (Å²) in [4.78, 5) is 12.4. The summed E-state index contributed by atoms with van der Waals surface area (Å²) >= 11 is 0. The van der Waals surface area contributed by atoms with E-state index in [2.05, 4.69) is 17.4 Å². The van der Waals surface area contributed by atoms with E-state index in [0.29, 0.717) is 11.4 Å². The minimum absolute atomic E-state index is 0.00677. The summed E-state index contributed by atoms with van der Waals surface area (Å²) in [7, 11) is -2.41. The maximum absolute atomic E-state index is 13.1. The Morgan fingerprint density at radius 3 is 2.48 bits per heavy atom. The predicted octanol–water partition coefficient (Wildman–Crippen LogP) is 4.22. The predicted molar refractivity (Wildman–Crippen MR) is 124 cm³/mol. The lowest BCUT2D eigenvalue weighted by Gasteiger charge is -2.26. The van der Waals surface area contributed by atoms with Crippen molar-refractivity contribution in [2.75, 3.05) is 18.0 Å². The van der Waals surface area contributed by atoms with Crippen LogP contribution in [0.25, 0.3) is 0 Å². The molecule has 0 saturated carbocycles. The largest absolute Gasteiger partial charge is 0.484 e. The average Bonchev–Trinajstić information content (AvgIpc) is 2.83. The third-order valence-electron chi connectivity index (χ3n) is 5.75. The number of amides is 1. The second kappa shape index (κ2) is 9.62. The lowest BCUT2D eigenvalue weighted by molar-refractivity contribution is -0.123. The van der Waals surface area contributed by atoms with Crippen LogP contribution in [0.1, 0.15) is 30.0 Å². The highest BCUT2D eigenvalue weighted by molar-refractivity contribution is 7.92. The molecule has 0 fully saturated rings. The van der Waals surface area contributed by atoms with E-state index in [4.69, 9.17) is 4.74 Å². The number of carbonyl (C=O) groups excluding carboxylic acids is 1. The molecule has 3 aromatic rings. The molecule has 3 aromatic carbocycles. The lowest BCUT2D eigenvalue weighted by atomic mass is 9.88. The van der Waals surface area contributed by atoms with Gasteiger partial charge in [0.05, 0.1) is 16.6 Å². The van der Waals surface area contributed by atoms with Crippen LogP contribution in [0, 0.1) is 5.82 Å². The summed E-state index contributed by atoms with van der Waals surface area (Å²) in [6.07, 6.45) is 2.95. The van der Waals surface area contributed by atoms with Gasteiger partial charge in [-0.05, 0) is 78.9 Å². The first-order valence-corrected chi connectivity index (χ1v) is 12.1. The van der Waals surface area contributed by atoms with Crippen LogP contribution in [0.5, 0.6) is 5.75 Å². The van der Waals surface area contributed by atoms with Gasteiger partial charge in [-0.25, -0.2) is 12.8 Å². The number of sulfonamides is 1. The summed E-state index contributed by atoms with van der Waals surface area (Å²) in [5.41, 5.74) is 2.84. The van der Waals surface area contributed by atoms with Crippen LogP contribution in [-0.4, -0.2) is 28.0 Å². The fourth-order valence-electron chi connectivity index (χ4n) is 3.94. The Bertz CT molecular complexity index is 1230. The quantitative estimate of drug-likeness (QED) is 0.563. The van der Waals surface area contributed by atoms with Crippen molar-refractivity contribution >= 4 is 21.6 Å². The second-order valence-electron chi connectivity index (χ2n) is 7.92. The number of ether oxygens (including phenoxy) is 1. The van der Waals surface area contributed by atoms with E-state index in [9.17, 15) is 17.6 Å². The molecule has 1 amide bonds. The number of nitrogens with one attached hydrogen (secondary N) is 1. The molecule has 0 spiro atoms. The summed E-state index contributed by atoms with van der Waals surface area (Å²) < 4.78 is 45.3. The molecule has 33 heavy (non-hydrogen) atoms. The monoisotopic (exact) mass is 468 g/mol. The molecule has 0 saturated heterocycles. The van der Waals surface area contributed by atoms with Gasteiger partial charge in [0.25, 0.3) is 15.9 Å². The molecule has 6 nitrogen and oxygen atoms in total. The Kier molecular flexibility index (Phi) is 6.65. The third-order valence-corrected chi connectivity index (χ3v) is 7.55. The molecule has 0 aromatic heterocycles. The highest BCUT2D eigenvalue weighted by atomic mass is 32.2. The number of anilines is 1. The van der Waals surface area contributed by atoms with Crippen LogP contribution in [-0.2, 0) is 21.2 Å². The number of hydrogen-bond donors (Lipinski definition) is 1. The summed E-state index contributed by atoms with van der Waals surface area (Å²) in [5, 5.41) is 3.04. The molecule has 0 radical (unpaired) electrons. The minimum Gasteiger partial charge on any atom is -0.484 e. The van der Waals surface area contributed by atoms with E-state index in [1.165, 1.54) is 24.7 Å². The van der Waals surface area contributed by atoms with Gasteiger partial charge >= 0.3 is 0 Å². The number of rotatable bonds is 7. The van der Waals surface area contributed by atoms with Crippen molar-refractivity contribution in [1.82, 2.24) is 5.32 Å². The first-order valence-electron chi connectivity index (χ1n) is 10.7. The van der Waals surface area contributed by atoms with Crippen LogP contribution in [0.15, 0.2) is 77.7 Å². The van der Waals surface area contributed by atoms with Crippen molar-refractivity contribution in [3.63, 3.8) is 0 Å². The first kappa shape index (κ1) is 22.8. The zero-order chi connectivity index (χ0) is 23.4. The van der Waals surface area contributed by atoms with Gasteiger partial charge in [-0.15, -0.1) is 0 Å². The minimum atomic E-state index is -3.83. The van der Waals surface area contributed by atoms with Crippen LogP contribution in [0.4, 0.5) is 10.1 Å². The van der Waals surface area contributed by atoms with Gasteiger partial charge in [0.2, 0.25) is 0 Å². The molecule has 0 bridgehead atoms. The molecule has 4 rings (SSSR count). The molecule has 8 heteroatoms. The van der Waals surface area contributed by atoms with Crippen molar-refractivity contribution in [2.24, 2.45) is 0 Å². The molecule has 1 aliphatic rings. The number of fused-ring (bicyclic) bond motifs is 1. The second-order valence-corrected chi connectivity index (χ2v) is 9.89. The zero-order valence-corrected chi connectivity index (χ0v) is 19.0. The van der Waals surface area contributed by atoms with Crippen molar-refractivity contribution in [3.8, 4) is 5.75 Å². The van der Waals surface area contributed by atoms with Gasteiger partial charge in [-0.1, -0.05) is 24.3 Å². The smallest absolute Gasteiger partial charge is 0.264 e. The Labute approximate surface area is 193 Å². The summed E-state index contributed by atoms with van der Waals surface area (Å²) in [6, 6.07) is 19.2. The Hall–Kier alpha value is -3.39. The lowest BCUT2D eigenvalue weighted by Crippen LogP contribution is -2.34. The zero-order valence-electron chi connectivity index (χ0n) is 18.2. The molecule has 0 heterocycles. The molecular formula is C25H25FN2O4S. The molecule has 1 unspecified atom stereocenters. The van der Waals surface area contributed by atoms with Gasteiger partial charge in [-0.2, -0.15) is 0 Å². The standard InChI is InChI=1S/C25H25FN2O4S/c1-28(33(30,31)22-15-9-19(26)10-16-22)20-11-13-21(14-12-20)32-17-25(29)27-24-8-4-6-18-5-2-3-7-23(18)24/h2-3,5,7,9-16,24H,4,6,8,17H2,1H3,(H,27,29). The Morgan fingerprint density at radius 2 is 1.76 bits per heavy atom. The molecule has 1 atom stereocenters. The van der Waals surface area contributed by atoms with Crippen LogP contribution in [0.3, 0.4) is 0 Å². The number of halogens is 1. The van der Waals surface area contributed by atoms with Gasteiger partial charge in [0.15, 0.2) is 6.61 Å². The normalized spacial score (nSPS) is 15.4. The number of benzene rings is 3. The SMILES string of the molecule is CN(c1ccc(OCC(=O)NC2CCCc3ccccc32)cc1)S(=O)(=O)c1ccc(F)cc1. The van der Waals surface area contributed by atoms with E-state index in [0.717, 1.165) is 41.3 Å². The molecular weight excluding hydrogens is 443 g/mol. The van der Waals surface area contributed by atoms with Crippen LogP contribution >= 0.6 is 0 Å². The van der Waals surface area contributed by atoms with E-state index in [-0.39, 0.29) is 23.5 Å². The first-order chi connectivity index (χ1) is 15.8. The highest BCUT2D eigenvalue weighted by Crippen LogP contribution is 2.29. The van der Waals surface area contributed by atoms with Gasteiger partial charge in [0.1, 0.15) is 11.6 Å². The number of nitrogens with zero attached hydrogens (tertiary/aromatic N) is 1. The third kappa shape index (κ3) is 5.17. The highest BCUT2D eigenvalue weighted by Gasteiger charge is 2.22. The van der Waals surface area contributed by atoms with Crippen molar-refractivity contribution in [1.29, 1.82) is 0 Å². The number of aryl methyl sites for hydroxylation is 1. The maximum atomic E-state index is 13.1. The Balaban J connectivity index is 1.35. The fourth-order valence-corrected chi connectivity index (χ4v) is 5.14. The van der Waals surface area contributed by atoms with E-state index < -0.39 is 15.8 Å². The van der Waals surface area contributed by atoms with E-state index >= 15 is 0 Å². The van der Waals surface area contributed by atoms with Gasteiger partial charge in [-0.3, -0.25) is 9.10 Å². The fraction of sp³-hybridized carbons (Fsp3) is 0.240. The molecule has 1 N–H and O–H groups in total. The molecule has 0 aliphatic heterocycles. The average molecular weight is 469 g/mol. The summed E-state index contributed by atoms with van der Waals surface area (Å²) in [6.45, 7) is -0.137. The van der Waals surface area contributed by atoms with Gasteiger partial charge < -0.3 is 10.1 Å². The summed E-state index contributed by atoms with van der Waals surface area (Å²) in [5.74, 6) is -0.267. The maximum Gasteiger partial charge on any atom is 0.264 e. The van der Waals surface area contributed by atoms with Crippen LogP contribution in [0.2, 0.25) is 0 Å². The van der Waals surface area contributed by atoms with Crippen molar-refractivity contribution in [2.45, 2.75) is 30.2 Å².